The number of thiazole rings is 1. The Balaban J connectivity index is 1.55. The van der Waals surface area contributed by atoms with Crippen LogP contribution in [0.5, 0.6) is 0 Å². The van der Waals surface area contributed by atoms with Gasteiger partial charge < -0.3 is 10.2 Å². The summed E-state index contributed by atoms with van der Waals surface area (Å²) in [6.07, 6.45) is 0. The van der Waals surface area contributed by atoms with Crippen LogP contribution in [0.2, 0.25) is 0 Å². The molecule has 0 saturated carbocycles. The van der Waals surface area contributed by atoms with E-state index >= 15 is 0 Å². The molecule has 7 nitrogen and oxygen atoms in total. The van der Waals surface area contributed by atoms with Crippen molar-refractivity contribution in [3.63, 3.8) is 0 Å². The molecule has 1 amide bonds. The summed E-state index contributed by atoms with van der Waals surface area (Å²) < 4.78 is 1.06. The summed E-state index contributed by atoms with van der Waals surface area (Å²) in [6, 6.07) is 21.4. The fraction of sp³-hybridized carbons (Fsp3) is 0.0909. The molecule has 4 rings (SSSR count). The third-order valence-corrected chi connectivity index (χ3v) is 5.57. The number of nitro groups is 1. The highest BCUT2D eigenvalue weighted by molar-refractivity contribution is 7.18. The van der Waals surface area contributed by atoms with E-state index in [2.05, 4.69) is 10.3 Å². The molecule has 0 saturated heterocycles. The molecule has 3 aromatic carbocycles. The van der Waals surface area contributed by atoms with Crippen molar-refractivity contribution >= 4 is 44.5 Å². The number of hydrogen-bond acceptors (Lipinski definition) is 6. The molecule has 0 unspecified atom stereocenters. The second-order valence-corrected chi connectivity index (χ2v) is 7.83. The predicted octanol–water partition coefficient (Wildman–Crippen LogP) is 5.22. The highest BCUT2D eigenvalue weighted by atomic mass is 32.1. The SMILES string of the molecule is CN(Cc1nc2ccccc2s1)C(=O)c1ccc(Nc2ccccc2)c([N+](=O)[O-])c1. The van der Waals surface area contributed by atoms with E-state index < -0.39 is 4.92 Å². The molecule has 150 valence electrons. The van der Waals surface area contributed by atoms with Crippen LogP contribution in [0.4, 0.5) is 17.1 Å². The molecule has 1 N–H and O–H groups in total. The maximum Gasteiger partial charge on any atom is 0.293 e. The van der Waals surface area contributed by atoms with Crippen LogP contribution in [0.3, 0.4) is 0 Å². The highest BCUT2D eigenvalue weighted by Crippen LogP contribution is 2.29. The zero-order valence-corrected chi connectivity index (χ0v) is 16.9. The van der Waals surface area contributed by atoms with Gasteiger partial charge in [-0.1, -0.05) is 30.3 Å². The maximum absolute atomic E-state index is 12.9. The lowest BCUT2D eigenvalue weighted by Crippen LogP contribution is -2.26. The number of anilines is 2. The van der Waals surface area contributed by atoms with Gasteiger partial charge in [0.25, 0.3) is 11.6 Å². The van der Waals surface area contributed by atoms with E-state index in [1.54, 1.807) is 19.2 Å². The van der Waals surface area contributed by atoms with Gasteiger partial charge in [0.1, 0.15) is 10.7 Å². The molecule has 30 heavy (non-hydrogen) atoms. The number of carbonyl (C=O) groups is 1. The van der Waals surface area contributed by atoms with Crippen molar-refractivity contribution in [1.29, 1.82) is 0 Å². The van der Waals surface area contributed by atoms with Crippen molar-refractivity contribution in [3.8, 4) is 0 Å². The van der Waals surface area contributed by atoms with Crippen molar-refractivity contribution in [2.75, 3.05) is 12.4 Å². The first-order valence-corrected chi connectivity index (χ1v) is 10.0. The number of nitro benzene ring substituents is 1. The Morgan fingerprint density at radius 3 is 2.57 bits per heavy atom. The van der Waals surface area contributed by atoms with E-state index in [1.807, 2.05) is 54.6 Å². The second-order valence-electron chi connectivity index (χ2n) is 6.72. The standard InChI is InChI=1S/C22H18N4O3S/c1-25(14-21-24-18-9-5-6-10-20(18)30-21)22(27)15-11-12-17(19(13-15)26(28)29)23-16-7-3-2-4-8-16/h2-13,23H,14H2,1H3. The minimum atomic E-state index is -0.490. The highest BCUT2D eigenvalue weighted by Gasteiger charge is 2.20. The number of rotatable bonds is 6. The number of carbonyl (C=O) groups excluding carboxylic acids is 1. The van der Waals surface area contributed by atoms with Gasteiger partial charge >= 0.3 is 0 Å². The molecular formula is C22H18N4O3S. The fourth-order valence-corrected chi connectivity index (χ4v) is 4.10. The fourth-order valence-electron chi connectivity index (χ4n) is 3.08. The monoisotopic (exact) mass is 418 g/mol. The molecule has 4 aromatic rings. The Morgan fingerprint density at radius 2 is 1.83 bits per heavy atom. The van der Waals surface area contributed by atoms with Crippen LogP contribution < -0.4 is 5.32 Å². The van der Waals surface area contributed by atoms with Crippen LogP contribution in [0.1, 0.15) is 15.4 Å². The first kappa shape index (κ1) is 19.5. The summed E-state index contributed by atoms with van der Waals surface area (Å²) in [4.78, 5) is 30.0. The number of nitrogens with zero attached hydrogens (tertiary/aromatic N) is 3. The number of fused-ring (bicyclic) bond motifs is 1. The van der Waals surface area contributed by atoms with Gasteiger partial charge in [-0.25, -0.2) is 4.98 Å². The average molecular weight is 418 g/mol. The van der Waals surface area contributed by atoms with Gasteiger partial charge in [0.15, 0.2) is 0 Å². The van der Waals surface area contributed by atoms with E-state index in [0.29, 0.717) is 12.2 Å². The van der Waals surface area contributed by atoms with Crippen LogP contribution >= 0.6 is 11.3 Å². The number of amides is 1. The van der Waals surface area contributed by atoms with Crippen molar-refractivity contribution in [2.45, 2.75) is 6.54 Å². The van der Waals surface area contributed by atoms with Gasteiger partial charge in [0.05, 0.1) is 21.7 Å². The van der Waals surface area contributed by atoms with Crippen LogP contribution in [0.25, 0.3) is 10.2 Å². The first-order chi connectivity index (χ1) is 14.5. The Kier molecular flexibility index (Phi) is 5.40. The normalized spacial score (nSPS) is 10.7. The number of nitrogens with one attached hydrogen (secondary N) is 1. The summed E-state index contributed by atoms with van der Waals surface area (Å²) in [5, 5.41) is 15.4. The molecule has 1 aromatic heterocycles. The van der Waals surface area contributed by atoms with Crippen LogP contribution in [-0.2, 0) is 6.54 Å². The lowest BCUT2D eigenvalue weighted by Gasteiger charge is -2.16. The average Bonchev–Trinajstić information content (AvgIpc) is 3.16. The molecular weight excluding hydrogens is 400 g/mol. The summed E-state index contributed by atoms with van der Waals surface area (Å²) in [5.74, 6) is -0.302. The topological polar surface area (TPSA) is 88.4 Å². The van der Waals surface area contributed by atoms with Crippen LogP contribution in [0.15, 0.2) is 72.8 Å². The van der Waals surface area contributed by atoms with E-state index in [0.717, 1.165) is 20.9 Å². The summed E-state index contributed by atoms with van der Waals surface area (Å²) >= 11 is 1.53. The Hall–Kier alpha value is -3.78. The van der Waals surface area contributed by atoms with Crippen molar-refractivity contribution in [2.24, 2.45) is 0 Å². The largest absolute Gasteiger partial charge is 0.350 e. The Bertz CT molecular complexity index is 1190. The zero-order chi connectivity index (χ0) is 21.1. The lowest BCUT2D eigenvalue weighted by atomic mass is 10.1. The summed E-state index contributed by atoms with van der Waals surface area (Å²) in [6.45, 7) is 0.329. The smallest absolute Gasteiger partial charge is 0.293 e. The molecule has 0 aliphatic rings. The van der Waals surface area contributed by atoms with Crippen LogP contribution in [0, 0.1) is 10.1 Å². The van der Waals surface area contributed by atoms with Gasteiger partial charge in [-0.3, -0.25) is 14.9 Å². The third-order valence-electron chi connectivity index (χ3n) is 4.55. The second kappa shape index (κ2) is 8.30. The van der Waals surface area contributed by atoms with Gasteiger partial charge in [0, 0.05) is 24.4 Å². The molecule has 0 aliphatic carbocycles. The summed E-state index contributed by atoms with van der Waals surface area (Å²) in [5.41, 5.74) is 2.05. The molecule has 1 heterocycles. The van der Waals surface area contributed by atoms with Gasteiger partial charge in [-0.05, 0) is 36.4 Å². The molecule has 8 heteroatoms. The molecule has 0 aliphatic heterocycles. The summed E-state index contributed by atoms with van der Waals surface area (Å²) in [7, 11) is 1.66. The number of aromatic nitrogens is 1. The minimum absolute atomic E-state index is 0.155. The van der Waals surface area contributed by atoms with Crippen LogP contribution in [-0.4, -0.2) is 27.8 Å². The minimum Gasteiger partial charge on any atom is -0.350 e. The van der Waals surface area contributed by atoms with Crippen molar-refractivity contribution < 1.29 is 9.72 Å². The molecule has 0 spiro atoms. The molecule has 0 bridgehead atoms. The zero-order valence-electron chi connectivity index (χ0n) is 16.1. The lowest BCUT2D eigenvalue weighted by molar-refractivity contribution is -0.383. The van der Waals surface area contributed by atoms with Crippen molar-refractivity contribution in [1.82, 2.24) is 9.88 Å². The molecule has 0 radical (unpaired) electrons. The van der Waals surface area contributed by atoms with Gasteiger partial charge in [-0.15, -0.1) is 11.3 Å². The third kappa shape index (κ3) is 4.13. The van der Waals surface area contributed by atoms with E-state index in [-0.39, 0.29) is 17.2 Å². The van der Waals surface area contributed by atoms with Gasteiger partial charge in [-0.2, -0.15) is 0 Å². The predicted molar refractivity (Wildman–Crippen MR) is 118 cm³/mol. The Morgan fingerprint density at radius 1 is 1.10 bits per heavy atom. The number of para-hydroxylation sites is 2. The van der Waals surface area contributed by atoms with E-state index in [4.69, 9.17) is 0 Å². The number of hydrogen-bond donors (Lipinski definition) is 1. The number of benzene rings is 3. The van der Waals surface area contributed by atoms with Crippen molar-refractivity contribution in [3.05, 3.63) is 93.5 Å². The molecule has 0 fully saturated rings. The van der Waals surface area contributed by atoms with E-state index in [1.165, 1.54) is 22.3 Å². The van der Waals surface area contributed by atoms with E-state index in [9.17, 15) is 14.9 Å². The molecule has 0 atom stereocenters. The quantitative estimate of drug-likeness (QED) is 0.343. The Labute approximate surface area is 176 Å². The maximum atomic E-state index is 12.9. The first-order valence-electron chi connectivity index (χ1n) is 9.22. The van der Waals surface area contributed by atoms with Gasteiger partial charge in [0.2, 0.25) is 0 Å².